The Kier molecular flexibility index (Phi) is 12.4. The van der Waals surface area contributed by atoms with Gasteiger partial charge in [-0.3, -0.25) is 9.59 Å². The SMILES string of the molecule is CC(=O)C[C@H](CC(=O)[C@H](CCCCN)NC(=O)CCCNc1cc(C)ccn1)c1ccc(-c2ccc(C)c3ccccc23)cc1. The number of benzene rings is 3. The lowest BCUT2D eigenvalue weighted by Crippen LogP contribution is -2.41. The van der Waals surface area contributed by atoms with Crippen LogP contribution in [0.4, 0.5) is 5.82 Å². The van der Waals surface area contributed by atoms with Gasteiger partial charge in [-0.25, -0.2) is 4.98 Å². The molecule has 0 radical (unpaired) electrons. The molecular weight excluding hydrogens is 560 g/mol. The molecule has 4 N–H and O–H groups in total. The summed E-state index contributed by atoms with van der Waals surface area (Å²) in [5.74, 6) is 0.335. The van der Waals surface area contributed by atoms with Crippen molar-refractivity contribution in [2.24, 2.45) is 5.73 Å². The Morgan fingerprint density at radius 2 is 1.62 bits per heavy atom. The molecule has 0 saturated heterocycles. The van der Waals surface area contributed by atoms with Gasteiger partial charge < -0.3 is 21.2 Å². The van der Waals surface area contributed by atoms with Crippen LogP contribution in [0.3, 0.4) is 0 Å². The average Bonchev–Trinajstić information content (AvgIpc) is 3.03. The first-order valence-electron chi connectivity index (χ1n) is 16.0. The van der Waals surface area contributed by atoms with Crippen molar-refractivity contribution in [1.29, 1.82) is 0 Å². The number of rotatable bonds is 17. The predicted octanol–water partition coefficient (Wildman–Crippen LogP) is 7.05. The molecule has 4 rings (SSSR count). The van der Waals surface area contributed by atoms with Gasteiger partial charge in [0.1, 0.15) is 11.6 Å². The zero-order valence-corrected chi connectivity index (χ0v) is 26.8. The molecule has 4 aromatic rings. The first-order chi connectivity index (χ1) is 21.7. The van der Waals surface area contributed by atoms with Gasteiger partial charge in [-0.05, 0) is 110 Å². The van der Waals surface area contributed by atoms with E-state index in [0.717, 1.165) is 40.9 Å². The molecule has 2 atom stereocenters. The molecule has 1 heterocycles. The Hall–Kier alpha value is -4.36. The van der Waals surface area contributed by atoms with Gasteiger partial charge in [0.2, 0.25) is 5.91 Å². The molecule has 0 aliphatic heterocycles. The summed E-state index contributed by atoms with van der Waals surface area (Å²) in [6.45, 7) is 6.82. The number of anilines is 1. The summed E-state index contributed by atoms with van der Waals surface area (Å²) >= 11 is 0. The topological polar surface area (TPSA) is 114 Å². The largest absolute Gasteiger partial charge is 0.370 e. The lowest BCUT2D eigenvalue weighted by atomic mass is 9.86. The highest BCUT2D eigenvalue weighted by atomic mass is 16.2. The van der Waals surface area contributed by atoms with Gasteiger partial charge in [-0.2, -0.15) is 0 Å². The number of ketones is 2. The van der Waals surface area contributed by atoms with E-state index < -0.39 is 6.04 Å². The minimum Gasteiger partial charge on any atom is -0.370 e. The van der Waals surface area contributed by atoms with Gasteiger partial charge in [0.15, 0.2) is 5.78 Å². The second kappa shape index (κ2) is 16.6. The third-order valence-electron chi connectivity index (χ3n) is 8.29. The summed E-state index contributed by atoms with van der Waals surface area (Å²) in [5, 5.41) is 8.65. The van der Waals surface area contributed by atoms with Crippen LogP contribution < -0.4 is 16.4 Å². The predicted molar refractivity (Wildman–Crippen MR) is 183 cm³/mol. The number of aromatic nitrogens is 1. The molecule has 0 bridgehead atoms. The van der Waals surface area contributed by atoms with Crippen molar-refractivity contribution < 1.29 is 14.4 Å². The number of hydrogen-bond donors (Lipinski definition) is 3. The van der Waals surface area contributed by atoms with Crippen LogP contribution in [-0.2, 0) is 14.4 Å². The van der Waals surface area contributed by atoms with Gasteiger partial charge >= 0.3 is 0 Å². The van der Waals surface area contributed by atoms with Crippen molar-refractivity contribution in [3.63, 3.8) is 0 Å². The zero-order valence-electron chi connectivity index (χ0n) is 26.8. The smallest absolute Gasteiger partial charge is 0.220 e. The van der Waals surface area contributed by atoms with Crippen molar-refractivity contribution in [2.75, 3.05) is 18.4 Å². The average molecular weight is 607 g/mol. The van der Waals surface area contributed by atoms with Crippen molar-refractivity contribution in [1.82, 2.24) is 10.3 Å². The highest BCUT2D eigenvalue weighted by Gasteiger charge is 2.25. The van der Waals surface area contributed by atoms with Gasteiger partial charge in [-0.1, -0.05) is 60.7 Å². The van der Waals surface area contributed by atoms with Crippen LogP contribution in [0.25, 0.3) is 21.9 Å². The first-order valence-corrected chi connectivity index (χ1v) is 16.0. The number of unbranched alkanes of at least 4 members (excludes halogenated alkanes) is 1. The molecule has 45 heavy (non-hydrogen) atoms. The van der Waals surface area contributed by atoms with Crippen LogP contribution in [-0.4, -0.2) is 41.6 Å². The summed E-state index contributed by atoms with van der Waals surface area (Å²) in [6.07, 6.45) is 5.15. The second-order valence-electron chi connectivity index (χ2n) is 12.0. The molecule has 1 amide bonds. The lowest BCUT2D eigenvalue weighted by molar-refractivity contribution is -0.128. The van der Waals surface area contributed by atoms with Crippen molar-refractivity contribution >= 4 is 34.1 Å². The third kappa shape index (κ3) is 9.82. The van der Waals surface area contributed by atoms with Crippen LogP contribution in [0.15, 0.2) is 79.0 Å². The molecule has 1 aromatic heterocycles. The van der Waals surface area contributed by atoms with E-state index in [-0.39, 0.29) is 36.2 Å². The maximum absolute atomic E-state index is 13.7. The summed E-state index contributed by atoms with van der Waals surface area (Å²) in [4.78, 5) is 43.1. The van der Waals surface area contributed by atoms with Crippen LogP contribution in [0.2, 0.25) is 0 Å². The Morgan fingerprint density at radius 3 is 2.33 bits per heavy atom. The summed E-state index contributed by atoms with van der Waals surface area (Å²) in [5.41, 5.74) is 11.2. The minimum atomic E-state index is -0.608. The maximum atomic E-state index is 13.7. The Balaban J connectivity index is 1.42. The van der Waals surface area contributed by atoms with E-state index in [9.17, 15) is 14.4 Å². The number of nitrogens with one attached hydrogen (secondary N) is 2. The fourth-order valence-corrected chi connectivity index (χ4v) is 5.85. The summed E-state index contributed by atoms with van der Waals surface area (Å²) in [6, 6.07) is 24.2. The second-order valence-corrected chi connectivity index (χ2v) is 12.0. The highest BCUT2D eigenvalue weighted by molar-refractivity contribution is 5.98. The standard InChI is InChI=1S/C38H46N4O3/c1-26-19-22-41-37(23-26)40-21-8-12-38(45)42-35(11-6-7-20-39)36(44)25-31(24-28(3)43)29-14-16-30(17-15-29)33-18-13-27(2)32-9-4-5-10-34(32)33/h4-5,9-10,13-19,22-23,31,35H,6-8,11-12,20-21,24-25,39H2,1-3H3,(H,40,41)(H,42,45)/t31-,35+/m1/s1. The van der Waals surface area contributed by atoms with E-state index >= 15 is 0 Å². The summed E-state index contributed by atoms with van der Waals surface area (Å²) in [7, 11) is 0. The number of aryl methyl sites for hydroxylation is 2. The number of hydrogen-bond acceptors (Lipinski definition) is 6. The number of carbonyl (C=O) groups is 3. The zero-order chi connectivity index (χ0) is 32.2. The molecular formula is C38H46N4O3. The van der Waals surface area contributed by atoms with E-state index in [1.54, 1.807) is 13.1 Å². The Bertz CT molecular complexity index is 1600. The molecule has 0 aliphatic carbocycles. The molecule has 0 saturated carbocycles. The van der Waals surface area contributed by atoms with Crippen molar-refractivity contribution in [3.8, 4) is 11.1 Å². The molecule has 0 fully saturated rings. The van der Waals surface area contributed by atoms with Crippen LogP contribution in [0, 0.1) is 13.8 Å². The van der Waals surface area contributed by atoms with Crippen molar-refractivity contribution in [2.45, 2.75) is 77.7 Å². The van der Waals surface area contributed by atoms with Crippen LogP contribution in [0.5, 0.6) is 0 Å². The van der Waals surface area contributed by atoms with E-state index in [1.165, 1.54) is 16.3 Å². The number of carbonyl (C=O) groups excluding carboxylic acids is 3. The Morgan fingerprint density at radius 1 is 0.867 bits per heavy atom. The van der Waals surface area contributed by atoms with Crippen molar-refractivity contribution in [3.05, 3.63) is 95.7 Å². The van der Waals surface area contributed by atoms with Crippen LogP contribution in [0.1, 0.15) is 74.5 Å². The maximum Gasteiger partial charge on any atom is 0.220 e. The number of amides is 1. The number of nitrogens with zero attached hydrogens (tertiary/aromatic N) is 1. The van der Waals surface area contributed by atoms with Gasteiger partial charge in [0.05, 0.1) is 6.04 Å². The third-order valence-corrected chi connectivity index (χ3v) is 8.29. The molecule has 236 valence electrons. The summed E-state index contributed by atoms with van der Waals surface area (Å²) < 4.78 is 0. The van der Waals surface area contributed by atoms with E-state index in [1.807, 2.05) is 31.2 Å². The molecule has 0 unspecified atom stereocenters. The van der Waals surface area contributed by atoms with Gasteiger partial charge in [0, 0.05) is 32.0 Å². The normalized spacial score (nSPS) is 12.4. The monoisotopic (exact) mass is 606 g/mol. The number of nitrogens with two attached hydrogens (primary N) is 1. The number of Topliss-reactive ketones (excluding diaryl/α,β-unsaturated/α-hetero) is 2. The molecule has 7 heteroatoms. The van der Waals surface area contributed by atoms with Crippen LogP contribution >= 0.6 is 0 Å². The quantitative estimate of drug-likeness (QED) is 0.111. The number of pyridine rings is 1. The fraction of sp³-hybridized carbons (Fsp3) is 0.368. The molecule has 0 spiro atoms. The van der Waals surface area contributed by atoms with E-state index in [0.29, 0.717) is 32.4 Å². The molecule has 0 aliphatic rings. The van der Waals surface area contributed by atoms with E-state index in [4.69, 9.17) is 5.73 Å². The Labute approximate surface area is 267 Å². The van der Waals surface area contributed by atoms with Gasteiger partial charge in [0.25, 0.3) is 0 Å². The fourth-order valence-electron chi connectivity index (χ4n) is 5.85. The molecule has 3 aromatic carbocycles. The van der Waals surface area contributed by atoms with Gasteiger partial charge in [-0.15, -0.1) is 0 Å². The lowest BCUT2D eigenvalue weighted by Gasteiger charge is -2.22. The molecule has 7 nitrogen and oxygen atoms in total. The first kappa shape index (κ1) is 33.5. The number of fused-ring (bicyclic) bond motifs is 1. The minimum absolute atomic E-state index is 0.0284. The highest BCUT2D eigenvalue weighted by Crippen LogP contribution is 2.33. The van der Waals surface area contributed by atoms with E-state index in [2.05, 4.69) is 71.1 Å².